The van der Waals surface area contributed by atoms with E-state index in [-0.39, 0.29) is 24.2 Å². The summed E-state index contributed by atoms with van der Waals surface area (Å²) in [5, 5.41) is 9.41. The van der Waals surface area contributed by atoms with Gasteiger partial charge in [0.25, 0.3) is 0 Å². The molecule has 0 bridgehead atoms. The summed E-state index contributed by atoms with van der Waals surface area (Å²) in [4.78, 5) is 42.2. The lowest BCUT2D eigenvalue weighted by Crippen LogP contribution is -2.64. The van der Waals surface area contributed by atoms with Crippen LogP contribution in [0.5, 0.6) is 0 Å². The minimum absolute atomic E-state index is 0.0868. The van der Waals surface area contributed by atoms with Crippen molar-refractivity contribution in [2.45, 2.75) is 57.9 Å². The Morgan fingerprint density at radius 2 is 1.91 bits per heavy atom. The van der Waals surface area contributed by atoms with E-state index in [0.29, 0.717) is 44.7 Å². The van der Waals surface area contributed by atoms with Crippen molar-refractivity contribution in [1.82, 2.24) is 14.7 Å². The Balaban J connectivity index is 1.64. The predicted octanol–water partition coefficient (Wildman–Crippen LogP) is 2.74. The van der Waals surface area contributed by atoms with Crippen LogP contribution in [-0.4, -0.2) is 88.4 Å². The Morgan fingerprint density at radius 3 is 2.59 bits per heavy atom. The normalized spacial score (nSPS) is 26.1. The number of carbonyl (C=O) groups is 3. The van der Waals surface area contributed by atoms with Crippen LogP contribution in [0.3, 0.4) is 0 Å². The molecule has 9 nitrogen and oxygen atoms in total. The molecule has 9 heteroatoms. The monoisotopic (exact) mass is 445 g/mol. The number of cyclic esters (lactones) is 1. The zero-order valence-corrected chi connectivity index (χ0v) is 19.0. The van der Waals surface area contributed by atoms with Crippen LogP contribution in [0, 0.1) is 0 Å². The highest BCUT2D eigenvalue weighted by atomic mass is 16.6. The van der Waals surface area contributed by atoms with E-state index >= 15 is 0 Å². The Hall–Kier alpha value is -2.81. The van der Waals surface area contributed by atoms with Crippen LogP contribution in [0.15, 0.2) is 18.2 Å². The quantitative estimate of drug-likeness (QED) is 0.664. The Morgan fingerprint density at radius 1 is 1.16 bits per heavy atom. The third kappa shape index (κ3) is 4.53. The Labute approximate surface area is 187 Å². The van der Waals surface area contributed by atoms with Crippen LogP contribution in [-0.2, 0) is 15.9 Å². The third-order valence-electron chi connectivity index (χ3n) is 6.24. The number of benzene rings is 1. The standard InChI is InChI=1S/C23H31N3O6/c1-14-9-16-10-15(5-6-18(16)20(27)31-14)19-13-24-7-8-25(21(28)29)11-17(24)12-26(19)22(30)32-23(2,3)4/h5-6,10,14,17,19H,7-9,11-13H2,1-4H3,(H,28,29). The topological polar surface area (TPSA) is 99.6 Å². The Kier molecular flexibility index (Phi) is 5.79. The summed E-state index contributed by atoms with van der Waals surface area (Å²) in [6.45, 7) is 9.72. The molecule has 3 atom stereocenters. The smallest absolute Gasteiger partial charge is 0.410 e. The van der Waals surface area contributed by atoms with Crippen molar-refractivity contribution in [1.29, 1.82) is 0 Å². The van der Waals surface area contributed by atoms with Crippen molar-refractivity contribution < 1.29 is 29.0 Å². The second kappa shape index (κ2) is 8.27. The molecule has 1 aromatic carbocycles. The highest BCUT2D eigenvalue weighted by Crippen LogP contribution is 2.33. The molecule has 3 aliphatic rings. The van der Waals surface area contributed by atoms with E-state index in [2.05, 4.69) is 4.90 Å². The van der Waals surface area contributed by atoms with Gasteiger partial charge in [0, 0.05) is 45.2 Å². The maximum Gasteiger partial charge on any atom is 0.410 e. The number of esters is 1. The first-order valence-electron chi connectivity index (χ1n) is 11.1. The lowest BCUT2D eigenvalue weighted by Gasteiger charge is -2.50. The summed E-state index contributed by atoms with van der Waals surface area (Å²) in [6.07, 6.45) is -0.910. The van der Waals surface area contributed by atoms with Gasteiger partial charge >= 0.3 is 18.2 Å². The zero-order valence-electron chi connectivity index (χ0n) is 19.0. The van der Waals surface area contributed by atoms with Gasteiger partial charge in [0.05, 0.1) is 11.6 Å². The lowest BCUT2D eigenvalue weighted by molar-refractivity contribution is -0.0341. The number of piperazine rings is 2. The van der Waals surface area contributed by atoms with E-state index in [1.54, 1.807) is 11.0 Å². The molecule has 32 heavy (non-hydrogen) atoms. The number of hydrogen-bond acceptors (Lipinski definition) is 6. The summed E-state index contributed by atoms with van der Waals surface area (Å²) in [6, 6.07) is 5.32. The number of rotatable bonds is 1. The van der Waals surface area contributed by atoms with Crippen molar-refractivity contribution in [2.24, 2.45) is 0 Å². The molecule has 3 aliphatic heterocycles. The average molecular weight is 446 g/mol. The zero-order chi connectivity index (χ0) is 23.2. The van der Waals surface area contributed by atoms with Crippen molar-refractivity contribution >= 4 is 18.2 Å². The van der Waals surface area contributed by atoms with Gasteiger partial charge in [0.2, 0.25) is 0 Å². The number of carbonyl (C=O) groups excluding carboxylic acids is 2. The first-order chi connectivity index (χ1) is 15.0. The maximum atomic E-state index is 13.2. The van der Waals surface area contributed by atoms with Gasteiger partial charge in [-0.15, -0.1) is 0 Å². The van der Waals surface area contributed by atoms with Crippen LogP contribution in [0.2, 0.25) is 0 Å². The van der Waals surface area contributed by atoms with Gasteiger partial charge in [-0.2, -0.15) is 0 Å². The fourth-order valence-electron chi connectivity index (χ4n) is 4.75. The van der Waals surface area contributed by atoms with E-state index in [1.807, 2.05) is 39.8 Å². The highest BCUT2D eigenvalue weighted by Gasteiger charge is 2.42. The van der Waals surface area contributed by atoms with E-state index in [9.17, 15) is 19.5 Å². The summed E-state index contributed by atoms with van der Waals surface area (Å²) >= 11 is 0. The molecule has 3 unspecified atom stereocenters. The number of hydrogen-bond donors (Lipinski definition) is 1. The predicted molar refractivity (Wildman–Crippen MR) is 116 cm³/mol. The van der Waals surface area contributed by atoms with Crippen LogP contribution in [0.4, 0.5) is 9.59 Å². The summed E-state index contributed by atoms with van der Waals surface area (Å²) in [7, 11) is 0. The van der Waals surface area contributed by atoms with Gasteiger partial charge in [-0.05, 0) is 44.9 Å². The van der Waals surface area contributed by atoms with Gasteiger partial charge in [0.15, 0.2) is 0 Å². The number of ether oxygens (including phenoxy) is 2. The molecule has 0 spiro atoms. The minimum Gasteiger partial charge on any atom is -0.465 e. The molecule has 2 fully saturated rings. The molecule has 174 valence electrons. The van der Waals surface area contributed by atoms with Gasteiger partial charge in [-0.1, -0.05) is 12.1 Å². The fourth-order valence-corrected chi connectivity index (χ4v) is 4.75. The number of fused-ring (bicyclic) bond motifs is 2. The molecule has 3 heterocycles. The van der Waals surface area contributed by atoms with E-state index in [4.69, 9.17) is 9.47 Å². The molecule has 2 amide bonds. The van der Waals surface area contributed by atoms with E-state index in [1.165, 1.54) is 4.90 Å². The van der Waals surface area contributed by atoms with Crippen molar-refractivity contribution in [3.8, 4) is 0 Å². The Bertz CT molecular complexity index is 927. The van der Waals surface area contributed by atoms with Crippen molar-refractivity contribution in [2.75, 3.05) is 32.7 Å². The molecule has 2 saturated heterocycles. The highest BCUT2D eigenvalue weighted by molar-refractivity contribution is 5.92. The molecule has 1 N–H and O–H groups in total. The molecule has 0 radical (unpaired) electrons. The molecule has 4 rings (SSSR count). The van der Waals surface area contributed by atoms with Crippen LogP contribution in [0.1, 0.15) is 55.2 Å². The molecule has 0 saturated carbocycles. The van der Waals surface area contributed by atoms with Gasteiger partial charge < -0.3 is 19.5 Å². The maximum absolute atomic E-state index is 13.2. The average Bonchev–Trinajstić information content (AvgIpc) is 2.70. The number of amides is 2. The lowest BCUT2D eigenvalue weighted by atomic mass is 9.92. The van der Waals surface area contributed by atoms with Crippen molar-refractivity contribution in [3.63, 3.8) is 0 Å². The second-order valence-electron chi connectivity index (χ2n) is 9.86. The minimum atomic E-state index is -0.939. The van der Waals surface area contributed by atoms with Crippen molar-refractivity contribution in [3.05, 3.63) is 34.9 Å². The SMILES string of the molecule is CC1Cc2cc(C3CN4CCN(C(=O)O)CC4CN3C(=O)OC(C)(C)C)ccc2C(=O)O1. The summed E-state index contributed by atoms with van der Waals surface area (Å²) < 4.78 is 11.0. The first kappa shape index (κ1) is 22.4. The second-order valence-corrected chi connectivity index (χ2v) is 9.86. The fraction of sp³-hybridized carbons (Fsp3) is 0.609. The van der Waals surface area contributed by atoms with Gasteiger partial charge in [-0.25, -0.2) is 14.4 Å². The number of nitrogens with zero attached hydrogens (tertiary/aromatic N) is 3. The van der Waals surface area contributed by atoms with Gasteiger partial charge in [-0.3, -0.25) is 9.80 Å². The molecule has 0 aliphatic carbocycles. The van der Waals surface area contributed by atoms with Crippen LogP contribution < -0.4 is 0 Å². The third-order valence-corrected chi connectivity index (χ3v) is 6.24. The molecule has 0 aromatic heterocycles. The van der Waals surface area contributed by atoms with E-state index < -0.39 is 17.8 Å². The number of carboxylic acid groups (broad SMARTS) is 1. The molecular formula is C23H31N3O6. The summed E-state index contributed by atoms with van der Waals surface area (Å²) in [5.74, 6) is -0.317. The largest absolute Gasteiger partial charge is 0.465 e. The summed E-state index contributed by atoms with van der Waals surface area (Å²) in [5.41, 5.74) is 1.79. The molecular weight excluding hydrogens is 414 g/mol. The first-order valence-corrected chi connectivity index (χ1v) is 11.1. The van der Waals surface area contributed by atoms with Crippen LogP contribution in [0.25, 0.3) is 0 Å². The molecule has 1 aromatic rings. The van der Waals surface area contributed by atoms with E-state index in [0.717, 1.165) is 11.1 Å². The van der Waals surface area contributed by atoms with Crippen LogP contribution >= 0.6 is 0 Å². The van der Waals surface area contributed by atoms with Gasteiger partial charge in [0.1, 0.15) is 11.7 Å².